The quantitative estimate of drug-likeness (QED) is 0.641. The first-order valence-electron chi connectivity index (χ1n) is 10.3. The van der Waals surface area contributed by atoms with Crippen LogP contribution in [0.2, 0.25) is 0 Å². The third kappa shape index (κ3) is 5.62. The van der Waals surface area contributed by atoms with Crippen LogP contribution in [0.3, 0.4) is 0 Å². The minimum Gasteiger partial charge on any atom is -0.370 e. The Morgan fingerprint density at radius 1 is 1.19 bits per heavy atom. The molecule has 2 amide bonds. The molecule has 1 heterocycles. The number of hydrogen-bond donors (Lipinski definition) is 2. The van der Waals surface area contributed by atoms with Gasteiger partial charge in [-0.15, -0.1) is 0 Å². The van der Waals surface area contributed by atoms with E-state index in [2.05, 4.69) is 28.5 Å². The zero-order chi connectivity index (χ0) is 22.4. The molecule has 1 aliphatic heterocycles. The van der Waals surface area contributed by atoms with Gasteiger partial charge in [0.25, 0.3) is 5.91 Å². The summed E-state index contributed by atoms with van der Waals surface area (Å²) in [7, 11) is -3.77. The SMILES string of the molecule is CCN(CCNC(=O)c1ccc(S(=O)(=O)N2CCNC(=O)C2)cc1)c1cccc(C)c1. The van der Waals surface area contributed by atoms with Gasteiger partial charge in [-0.2, -0.15) is 4.31 Å². The number of piperazine rings is 1. The molecule has 9 heteroatoms. The predicted molar refractivity (Wildman–Crippen MR) is 120 cm³/mol. The van der Waals surface area contributed by atoms with E-state index in [1.165, 1.54) is 29.8 Å². The van der Waals surface area contributed by atoms with Crippen LogP contribution >= 0.6 is 0 Å². The minimum atomic E-state index is -3.77. The molecule has 0 aliphatic carbocycles. The number of hydrogen-bond acceptors (Lipinski definition) is 5. The van der Waals surface area contributed by atoms with E-state index in [1.807, 2.05) is 25.1 Å². The van der Waals surface area contributed by atoms with Crippen molar-refractivity contribution in [2.45, 2.75) is 18.7 Å². The van der Waals surface area contributed by atoms with Gasteiger partial charge in [0.05, 0.1) is 11.4 Å². The highest BCUT2D eigenvalue weighted by atomic mass is 32.2. The van der Waals surface area contributed by atoms with Gasteiger partial charge in [-0.25, -0.2) is 8.42 Å². The number of likely N-dealkylation sites (N-methyl/N-ethyl adjacent to an activating group) is 1. The summed E-state index contributed by atoms with van der Waals surface area (Å²) in [6.07, 6.45) is 0. The molecule has 0 bridgehead atoms. The van der Waals surface area contributed by atoms with E-state index in [0.717, 1.165) is 16.5 Å². The Morgan fingerprint density at radius 3 is 2.58 bits per heavy atom. The van der Waals surface area contributed by atoms with E-state index in [0.29, 0.717) is 18.7 Å². The maximum Gasteiger partial charge on any atom is 0.251 e. The standard InChI is InChI=1S/C22H28N4O4S/c1-3-25(19-6-4-5-17(2)15-19)13-11-24-22(28)18-7-9-20(10-8-18)31(29,30)26-14-12-23-21(27)16-26/h4-10,15H,3,11-14,16H2,1-2H3,(H,23,27)(H,24,28). The third-order valence-electron chi connectivity index (χ3n) is 5.17. The van der Waals surface area contributed by atoms with Crippen LogP contribution in [0.4, 0.5) is 5.69 Å². The number of nitrogens with one attached hydrogen (secondary N) is 2. The Hall–Kier alpha value is -2.91. The summed E-state index contributed by atoms with van der Waals surface area (Å²) in [5, 5.41) is 5.48. The smallest absolute Gasteiger partial charge is 0.251 e. The lowest BCUT2D eigenvalue weighted by Crippen LogP contribution is -2.49. The number of carbonyl (C=O) groups excluding carboxylic acids is 2. The van der Waals surface area contributed by atoms with Crippen molar-refractivity contribution in [1.82, 2.24) is 14.9 Å². The fraction of sp³-hybridized carbons (Fsp3) is 0.364. The Bertz CT molecular complexity index is 1040. The van der Waals surface area contributed by atoms with Crippen molar-refractivity contribution >= 4 is 27.5 Å². The highest BCUT2D eigenvalue weighted by molar-refractivity contribution is 7.89. The Kier molecular flexibility index (Phi) is 7.29. The fourth-order valence-corrected chi connectivity index (χ4v) is 4.85. The molecule has 0 saturated carbocycles. The molecule has 1 saturated heterocycles. The van der Waals surface area contributed by atoms with Crippen LogP contribution in [0.25, 0.3) is 0 Å². The molecule has 0 unspecified atom stereocenters. The Morgan fingerprint density at radius 2 is 1.94 bits per heavy atom. The highest BCUT2D eigenvalue weighted by Crippen LogP contribution is 2.18. The van der Waals surface area contributed by atoms with E-state index in [4.69, 9.17) is 0 Å². The lowest BCUT2D eigenvalue weighted by Gasteiger charge is -2.26. The van der Waals surface area contributed by atoms with E-state index in [-0.39, 0.29) is 36.3 Å². The van der Waals surface area contributed by atoms with Gasteiger partial charge in [0, 0.05) is 44.0 Å². The number of sulfonamides is 1. The molecule has 0 radical (unpaired) electrons. The second kappa shape index (κ2) is 9.93. The summed E-state index contributed by atoms with van der Waals surface area (Å²) in [5.41, 5.74) is 2.67. The number of anilines is 1. The summed E-state index contributed by atoms with van der Waals surface area (Å²) in [5.74, 6) is -0.584. The van der Waals surface area contributed by atoms with Crippen LogP contribution in [0, 0.1) is 6.92 Å². The molecule has 0 atom stereocenters. The summed E-state index contributed by atoms with van der Waals surface area (Å²) < 4.78 is 26.5. The van der Waals surface area contributed by atoms with Gasteiger partial charge in [-0.3, -0.25) is 9.59 Å². The highest BCUT2D eigenvalue weighted by Gasteiger charge is 2.29. The molecular formula is C22H28N4O4S. The molecule has 2 aromatic rings. The first kappa shape index (κ1) is 22.8. The summed E-state index contributed by atoms with van der Waals surface area (Å²) in [6.45, 7) is 6.37. The fourth-order valence-electron chi connectivity index (χ4n) is 3.45. The zero-order valence-corrected chi connectivity index (χ0v) is 18.6. The van der Waals surface area contributed by atoms with Crippen molar-refractivity contribution in [3.63, 3.8) is 0 Å². The molecule has 2 aromatic carbocycles. The zero-order valence-electron chi connectivity index (χ0n) is 17.8. The molecule has 1 fully saturated rings. The molecule has 166 valence electrons. The molecule has 31 heavy (non-hydrogen) atoms. The van der Waals surface area contributed by atoms with Gasteiger partial charge in [0.15, 0.2) is 0 Å². The summed E-state index contributed by atoms with van der Waals surface area (Å²) >= 11 is 0. The Balaban J connectivity index is 1.58. The number of nitrogens with zero attached hydrogens (tertiary/aromatic N) is 2. The average Bonchev–Trinajstić information content (AvgIpc) is 2.76. The van der Waals surface area contributed by atoms with Crippen molar-refractivity contribution in [2.75, 3.05) is 44.2 Å². The van der Waals surface area contributed by atoms with Crippen LogP contribution in [0.15, 0.2) is 53.4 Å². The topological polar surface area (TPSA) is 98.8 Å². The maximum absolute atomic E-state index is 12.7. The van der Waals surface area contributed by atoms with Crippen LogP contribution in [-0.2, 0) is 14.8 Å². The molecule has 2 N–H and O–H groups in total. The lowest BCUT2D eigenvalue weighted by atomic mass is 10.2. The average molecular weight is 445 g/mol. The summed E-state index contributed by atoms with van der Waals surface area (Å²) in [6, 6.07) is 14.0. The largest absolute Gasteiger partial charge is 0.370 e. The van der Waals surface area contributed by atoms with E-state index >= 15 is 0 Å². The normalized spacial score (nSPS) is 14.7. The van der Waals surface area contributed by atoms with Gasteiger partial charge in [-0.1, -0.05) is 12.1 Å². The second-order valence-corrected chi connectivity index (χ2v) is 9.33. The maximum atomic E-state index is 12.7. The van der Waals surface area contributed by atoms with Crippen molar-refractivity contribution in [1.29, 1.82) is 0 Å². The van der Waals surface area contributed by atoms with Crippen LogP contribution < -0.4 is 15.5 Å². The van der Waals surface area contributed by atoms with Crippen molar-refractivity contribution in [3.05, 3.63) is 59.7 Å². The number of rotatable bonds is 8. The van der Waals surface area contributed by atoms with Crippen molar-refractivity contribution < 1.29 is 18.0 Å². The Labute approximate surface area is 183 Å². The third-order valence-corrected chi connectivity index (χ3v) is 7.03. The van der Waals surface area contributed by atoms with Gasteiger partial charge in [0.1, 0.15) is 0 Å². The molecule has 1 aliphatic rings. The molecular weight excluding hydrogens is 416 g/mol. The number of benzene rings is 2. The van der Waals surface area contributed by atoms with Gasteiger partial charge >= 0.3 is 0 Å². The lowest BCUT2D eigenvalue weighted by molar-refractivity contribution is -0.122. The molecule has 8 nitrogen and oxygen atoms in total. The van der Waals surface area contributed by atoms with E-state index < -0.39 is 10.0 Å². The number of aryl methyl sites for hydroxylation is 1. The van der Waals surface area contributed by atoms with Crippen molar-refractivity contribution in [3.8, 4) is 0 Å². The first-order valence-corrected chi connectivity index (χ1v) is 11.7. The van der Waals surface area contributed by atoms with Crippen LogP contribution in [-0.4, -0.2) is 63.8 Å². The van der Waals surface area contributed by atoms with Crippen molar-refractivity contribution in [2.24, 2.45) is 0 Å². The molecule has 3 rings (SSSR count). The first-order chi connectivity index (χ1) is 14.8. The van der Waals surface area contributed by atoms with Crippen LogP contribution in [0.1, 0.15) is 22.8 Å². The minimum absolute atomic E-state index is 0.0651. The van der Waals surface area contributed by atoms with E-state index in [1.54, 1.807) is 0 Å². The van der Waals surface area contributed by atoms with E-state index in [9.17, 15) is 18.0 Å². The molecule has 0 aromatic heterocycles. The van der Waals surface area contributed by atoms with Gasteiger partial charge < -0.3 is 15.5 Å². The molecule has 0 spiro atoms. The van der Waals surface area contributed by atoms with Gasteiger partial charge in [-0.05, 0) is 55.8 Å². The van der Waals surface area contributed by atoms with Gasteiger partial charge in [0.2, 0.25) is 15.9 Å². The number of carbonyl (C=O) groups is 2. The van der Waals surface area contributed by atoms with Crippen LogP contribution in [0.5, 0.6) is 0 Å². The monoisotopic (exact) mass is 444 g/mol. The predicted octanol–water partition coefficient (Wildman–Crippen LogP) is 1.37. The number of amides is 2. The summed E-state index contributed by atoms with van der Waals surface area (Å²) in [4.78, 5) is 26.2. The second-order valence-electron chi connectivity index (χ2n) is 7.39.